The van der Waals surface area contributed by atoms with E-state index >= 15 is 0 Å². The maximum atomic E-state index is 10.6. The number of hydrogen-bond acceptors (Lipinski definition) is 3. The number of aliphatic hydroxyl groups excluding tert-OH is 1. The molecule has 1 aromatic carbocycles. The lowest BCUT2D eigenvalue weighted by Crippen LogP contribution is -2.44. The SMILES string of the molecule is OC(CN1CCCC2CCCC21)c1cc2ccccc2o1. The number of piperidine rings is 1. The lowest BCUT2D eigenvalue weighted by atomic mass is 9.91. The molecule has 3 nitrogen and oxygen atoms in total. The molecule has 3 atom stereocenters. The summed E-state index contributed by atoms with van der Waals surface area (Å²) >= 11 is 0. The third-order valence-corrected chi connectivity index (χ3v) is 5.29. The summed E-state index contributed by atoms with van der Waals surface area (Å²) in [4.78, 5) is 2.50. The van der Waals surface area contributed by atoms with Gasteiger partial charge in [0.2, 0.25) is 0 Å². The summed E-state index contributed by atoms with van der Waals surface area (Å²) in [6.45, 7) is 1.83. The summed E-state index contributed by atoms with van der Waals surface area (Å²) in [5.41, 5.74) is 0.865. The van der Waals surface area contributed by atoms with Crippen LogP contribution in [0.4, 0.5) is 0 Å². The van der Waals surface area contributed by atoms with Crippen LogP contribution >= 0.6 is 0 Å². The maximum absolute atomic E-state index is 10.6. The number of nitrogens with zero attached hydrogens (tertiary/aromatic N) is 1. The molecule has 2 aliphatic rings. The van der Waals surface area contributed by atoms with Gasteiger partial charge in [-0.15, -0.1) is 0 Å². The van der Waals surface area contributed by atoms with Crippen molar-refractivity contribution in [1.29, 1.82) is 0 Å². The molecule has 1 saturated carbocycles. The third-order valence-electron chi connectivity index (χ3n) is 5.29. The van der Waals surface area contributed by atoms with Crippen LogP contribution in [0.25, 0.3) is 11.0 Å². The summed E-state index contributed by atoms with van der Waals surface area (Å²) in [6.07, 6.45) is 6.17. The molecule has 3 unspecified atom stereocenters. The van der Waals surface area contributed by atoms with Crippen LogP contribution in [0.15, 0.2) is 34.7 Å². The summed E-state index contributed by atoms with van der Waals surface area (Å²) in [5, 5.41) is 11.6. The molecule has 0 radical (unpaired) electrons. The minimum Gasteiger partial charge on any atom is -0.458 e. The zero-order chi connectivity index (χ0) is 14.2. The molecule has 2 fully saturated rings. The molecular weight excluding hydrogens is 262 g/mol. The first kappa shape index (κ1) is 13.4. The zero-order valence-electron chi connectivity index (χ0n) is 12.4. The van der Waals surface area contributed by atoms with E-state index in [1.54, 1.807) is 0 Å². The van der Waals surface area contributed by atoms with Crippen molar-refractivity contribution in [3.63, 3.8) is 0 Å². The molecule has 0 bridgehead atoms. The Hall–Kier alpha value is -1.32. The Kier molecular flexibility index (Phi) is 3.48. The van der Waals surface area contributed by atoms with Gasteiger partial charge < -0.3 is 9.52 Å². The van der Waals surface area contributed by atoms with Crippen molar-refractivity contribution >= 4 is 11.0 Å². The number of fused-ring (bicyclic) bond motifs is 2. The lowest BCUT2D eigenvalue weighted by molar-refractivity contribution is 0.0420. The molecular formula is C18H23NO2. The third kappa shape index (κ3) is 2.49. The van der Waals surface area contributed by atoms with Crippen molar-refractivity contribution in [3.05, 3.63) is 36.1 Å². The van der Waals surface area contributed by atoms with Crippen LogP contribution in [0.3, 0.4) is 0 Å². The Morgan fingerprint density at radius 2 is 2.05 bits per heavy atom. The summed E-state index contributed by atoms with van der Waals surface area (Å²) in [6, 6.07) is 10.6. The Bertz CT molecular complexity index is 587. The average molecular weight is 285 g/mol. The summed E-state index contributed by atoms with van der Waals surface area (Å²) in [5.74, 6) is 1.57. The number of hydrogen-bond donors (Lipinski definition) is 1. The van der Waals surface area contributed by atoms with Crippen LogP contribution in [0, 0.1) is 5.92 Å². The molecule has 4 rings (SSSR count). The van der Waals surface area contributed by atoms with Crippen molar-refractivity contribution in [3.8, 4) is 0 Å². The second-order valence-electron chi connectivity index (χ2n) is 6.60. The Morgan fingerprint density at radius 3 is 2.95 bits per heavy atom. The van der Waals surface area contributed by atoms with Gasteiger partial charge in [-0.2, -0.15) is 0 Å². The van der Waals surface area contributed by atoms with Gasteiger partial charge in [-0.3, -0.25) is 4.90 Å². The van der Waals surface area contributed by atoms with Crippen molar-refractivity contribution in [1.82, 2.24) is 4.90 Å². The second-order valence-corrected chi connectivity index (χ2v) is 6.60. The fourth-order valence-corrected chi connectivity index (χ4v) is 4.26. The number of rotatable bonds is 3. The van der Waals surface area contributed by atoms with Crippen molar-refractivity contribution < 1.29 is 9.52 Å². The van der Waals surface area contributed by atoms with E-state index in [0.29, 0.717) is 18.3 Å². The topological polar surface area (TPSA) is 36.6 Å². The molecule has 112 valence electrons. The fourth-order valence-electron chi connectivity index (χ4n) is 4.26. The quantitative estimate of drug-likeness (QED) is 0.933. The maximum Gasteiger partial charge on any atom is 0.135 e. The molecule has 1 saturated heterocycles. The predicted molar refractivity (Wildman–Crippen MR) is 83.1 cm³/mol. The molecule has 1 aromatic heterocycles. The highest BCUT2D eigenvalue weighted by atomic mass is 16.4. The second kappa shape index (κ2) is 5.47. The molecule has 1 aliphatic carbocycles. The monoisotopic (exact) mass is 285 g/mol. The smallest absolute Gasteiger partial charge is 0.135 e. The van der Waals surface area contributed by atoms with Gasteiger partial charge in [-0.25, -0.2) is 0 Å². The summed E-state index contributed by atoms with van der Waals surface area (Å²) in [7, 11) is 0. The van der Waals surface area contributed by atoms with Gasteiger partial charge in [0.05, 0.1) is 0 Å². The Labute approximate surface area is 125 Å². The predicted octanol–water partition coefficient (Wildman–Crippen LogP) is 3.73. The standard InChI is InChI=1S/C18H23NO2/c20-16(18-11-14-5-1-2-9-17(14)21-18)12-19-10-4-7-13-6-3-8-15(13)19/h1-2,5,9,11,13,15-16,20H,3-4,6-8,10,12H2. The molecule has 1 N–H and O–H groups in total. The fraction of sp³-hybridized carbons (Fsp3) is 0.556. The molecule has 21 heavy (non-hydrogen) atoms. The van der Waals surface area contributed by atoms with Crippen LogP contribution in [0.5, 0.6) is 0 Å². The first-order chi connectivity index (χ1) is 10.3. The highest BCUT2D eigenvalue weighted by molar-refractivity contribution is 5.77. The van der Waals surface area contributed by atoms with E-state index in [-0.39, 0.29) is 0 Å². The first-order valence-corrected chi connectivity index (χ1v) is 8.22. The normalized spacial score (nSPS) is 27.9. The van der Waals surface area contributed by atoms with Gasteiger partial charge in [0, 0.05) is 18.0 Å². The molecule has 2 heterocycles. The zero-order valence-corrected chi connectivity index (χ0v) is 12.4. The molecule has 0 spiro atoms. The largest absolute Gasteiger partial charge is 0.458 e. The summed E-state index contributed by atoms with van der Waals surface area (Å²) < 4.78 is 5.81. The molecule has 3 heteroatoms. The number of para-hydroxylation sites is 1. The van der Waals surface area contributed by atoms with E-state index in [4.69, 9.17) is 4.42 Å². The van der Waals surface area contributed by atoms with Crippen LogP contribution in [0.2, 0.25) is 0 Å². The highest BCUT2D eigenvalue weighted by Crippen LogP contribution is 2.37. The van der Waals surface area contributed by atoms with Gasteiger partial charge in [0.15, 0.2) is 0 Å². The first-order valence-electron chi connectivity index (χ1n) is 8.22. The highest BCUT2D eigenvalue weighted by Gasteiger charge is 2.35. The van der Waals surface area contributed by atoms with E-state index < -0.39 is 6.10 Å². The number of aliphatic hydroxyl groups is 1. The van der Waals surface area contributed by atoms with Gasteiger partial charge in [0.25, 0.3) is 0 Å². The number of likely N-dealkylation sites (tertiary alicyclic amines) is 1. The van der Waals surface area contributed by atoms with Gasteiger partial charge >= 0.3 is 0 Å². The minimum absolute atomic E-state index is 0.517. The lowest BCUT2D eigenvalue weighted by Gasteiger charge is -2.38. The van der Waals surface area contributed by atoms with Crippen LogP contribution < -0.4 is 0 Å². The molecule has 0 amide bonds. The van der Waals surface area contributed by atoms with Gasteiger partial charge in [-0.05, 0) is 50.3 Å². The van der Waals surface area contributed by atoms with E-state index in [1.807, 2.05) is 30.3 Å². The Morgan fingerprint density at radius 1 is 1.19 bits per heavy atom. The van der Waals surface area contributed by atoms with Crippen LogP contribution in [0.1, 0.15) is 44.0 Å². The van der Waals surface area contributed by atoms with Gasteiger partial charge in [0.1, 0.15) is 17.4 Å². The Balaban J connectivity index is 1.50. The van der Waals surface area contributed by atoms with E-state index in [0.717, 1.165) is 23.4 Å². The number of benzene rings is 1. The van der Waals surface area contributed by atoms with E-state index in [2.05, 4.69) is 4.90 Å². The average Bonchev–Trinajstić information content (AvgIpc) is 3.14. The number of β-amino-alcohol motifs (C(OH)–C–C–N with tert-alkyl or cyclic N) is 1. The number of furan rings is 1. The van der Waals surface area contributed by atoms with Crippen molar-refractivity contribution in [2.45, 2.75) is 44.2 Å². The van der Waals surface area contributed by atoms with E-state index in [9.17, 15) is 5.11 Å². The minimum atomic E-state index is -0.517. The van der Waals surface area contributed by atoms with Gasteiger partial charge in [-0.1, -0.05) is 24.6 Å². The van der Waals surface area contributed by atoms with Crippen molar-refractivity contribution in [2.24, 2.45) is 5.92 Å². The van der Waals surface area contributed by atoms with Crippen LogP contribution in [-0.4, -0.2) is 29.1 Å². The van der Waals surface area contributed by atoms with E-state index in [1.165, 1.54) is 32.1 Å². The van der Waals surface area contributed by atoms with Crippen molar-refractivity contribution in [2.75, 3.05) is 13.1 Å². The van der Waals surface area contributed by atoms with Crippen LogP contribution in [-0.2, 0) is 0 Å². The molecule has 2 aromatic rings. The molecule has 1 aliphatic heterocycles.